The second-order valence-corrected chi connectivity index (χ2v) is 8.62. The number of aromatic nitrogens is 2. The molecule has 0 spiro atoms. The zero-order valence-electron chi connectivity index (χ0n) is 18.1. The summed E-state index contributed by atoms with van der Waals surface area (Å²) in [5.41, 5.74) is 2.70. The molecule has 4 rings (SSSR count). The third kappa shape index (κ3) is 3.74. The topological polar surface area (TPSA) is 87.3 Å². The first-order valence-corrected chi connectivity index (χ1v) is 10.6. The number of ketones is 1. The summed E-state index contributed by atoms with van der Waals surface area (Å²) in [4.78, 5) is 34.6. The van der Waals surface area contributed by atoms with E-state index in [4.69, 9.17) is 4.74 Å². The van der Waals surface area contributed by atoms with Crippen LogP contribution in [-0.2, 0) is 4.74 Å². The number of methoxy groups -OCH3 is 1. The van der Waals surface area contributed by atoms with Crippen molar-refractivity contribution in [2.75, 3.05) is 25.5 Å². The van der Waals surface area contributed by atoms with E-state index in [-0.39, 0.29) is 23.8 Å². The minimum Gasteiger partial charge on any atom is -0.379 e. The Morgan fingerprint density at radius 2 is 1.93 bits per heavy atom. The zero-order valence-corrected chi connectivity index (χ0v) is 18.1. The van der Waals surface area contributed by atoms with Crippen LogP contribution >= 0.6 is 0 Å². The lowest BCUT2D eigenvalue weighted by Gasteiger charge is -2.37. The Morgan fingerprint density at radius 1 is 1.20 bits per heavy atom. The Bertz CT molecular complexity index is 939. The number of carbonyl (C=O) groups is 2. The fourth-order valence-corrected chi connectivity index (χ4v) is 5.21. The number of anilines is 1. The third-order valence-electron chi connectivity index (χ3n) is 6.71. The van der Waals surface area contributed by atoms with Crippen molar-refractivity contribution in [3.05, 3.63) is 46.9 Å². The molecule has 1 saturated heterocycles. The summed E-state index contributed by atoms with van der Waals surface area (Å²) >= 11 is 0. The van der Waals surface area contributed by atoms with Gasteiger partial charge in [-0.25, -0.2) is 4.98 Å². The molecule has 2 N–H and O–H groups in total. The molecule has 0 aromatic carbocycles. The van der Waals surface area contributed by atoms with Crippen LogP contribution in [0.1, 0.15) is 51.9 Å². The average molecular weight is 411 g/mol. The number of aryl methyl sites for hydroxylation is 1. The van der Waals surface area contributed by atoms with Gasteiger partial charge in [-0.2, -0.15) is 0 Å². The lowest BCUT2D eigenvalue weighted by molar-refractivity contribution is 0.0304. The highest BCUT2D eigenvalue weighted by Gasteiger charge is 2.44. The summed E-state index contributed by atoms with van der Waals surface area (Å²) in [6.07, 6.45) is 3.72. The minimum absolute atomic E-state index is 0.0198. The van der Waals surface area contributed by atoms with Crippen LogP contribution in [0.5, 0.6) is 0 Å². The largest absolute Gasteiger partial charge is 0.379 e. The standard InChI is InChI=1S/C23H30N4O3/c1-13-21(14(2)25-22(13)15(3)28)23(29)27-11-16-9-18(19(30-4)10-17(16)12-27)26-20-7-5-6-8-24-20/h5-8,16-19,25H,9-12H2,1-4H3,(H,24,26)/t16-,17+,18-,19-/m1/s1. The number of nitrogens with one attached hydrogen (secondary N) is 2. The summed E-state index contributed by atoms with van der Waals surface area (Å²) in [5, 5.41) is 3.52. The first-order chi connectivity index (χ1) is 14.4. The van der Waals surface area contributed by atoms with Gasteiger partial charge in [-0.1, -0.05) is 6.07 Å². The summed E-state index contributed by atoms with van der Waals surface area (Å²) in [6.45, 7) is 6.71. The Kier molecular flexibility index (Phi) is 5.64. The Balaban J connectivity index is 1.49. The maximum atomic E-state index is 13.3. The van der Waals surface area contributed by atoms with Crippen LogP contribution in [0.4, 0.5) is 5.82 Å². The number of amides is 1. The number of nitrogens with zero attached hydrogens (tertiary/aromatic N) is 2. The van der Waals surface area contributed by atoms with Gasteiger partial charge in [0.25, 0.3) is 5.91 Å². The van der Waals surface area contributed by atoms with Crippen LogP contribution in [-0.4, -0.2) is 58.9 Å². The molecule has 7 nitrogen and oxygen atoms in total. The first-order valence-electron chi connectivity index (χ1n) is 10.6. The molecule has 160 valence electrons. The molecule has 0 radical (unpaired) electrons. The van der Waals surface area contributed by atoms with E-state index in [0.717, 1.165) is 43.0 Å². The first kappa shape index (κ1) is 20.6. The van der Waals surface area contributed by atoms with E-state index < -0.39 is 0 Å². The quantitative estimate of drug-likeness (QED) is 0.739. The van der Waals surface area contributed by atoms with E-state index in [2.05, 4.69) is 15.3 Å². The molecule has 0 bridgehead atoms. The van der Waals surface area contributed by atoms with E-state index in [1.54, 1.807) is 13.3 Å². The van der Waals surface area contributed by atoms with Crippen molar-refractivity contribution in [1.82, 2.24) is 14.9 Å². The number of rotatable bonds is 5. The van der Waals surface area contributed by atoms with Crippen molar-refractivity contribution in [3.63, 3.8) is 0 Å². The number of H-pyrrole nitrogens is 1. The fourth-order valence-electron chi connectivity index (χ4n) is 5.21. The van der Waals surface area contributed by atoms with Gasteiger partial charge in [-0.05, 0) is 56.2 Å². The maximum Gasteiger partial charge on any atom is 0.255 e. The van der Waals surface area contributed by atoms with Gasteiger partial charge in [0.05, 0.1) is 23.4 Å². The van der Waals surface area contributed by atoms with Crippen LogP contribution in [0.25, 0.3) is 0 Å². The zero-order chi connectivity index (χ0) is 21.4. The van der Waals surface area contributed by atoms with Gasteiger partial charge in [0.1, 0.15) is 5.82 Å². The van der Waals surface area contributed by atoms with Crippen LogP contribution in [0.3, 0.4) is 0 Å². The summed E-state index contributed by atoms with van der Waals surface area (Å²) in [5.74, 6) is 1.67. The van der Waals surface area contributed by atoms with Gasteiger partial charge in [-0.15, -0.1) is 0 Å². The molecule has 1 amide bonds. The van der Waals surface area contributed by atoms with Crippen molar-refractivity contribution >= 4 is 17.5 Å². The number of hydrogen-bond donors (Lipinski definition) is 2. The Morgan fingerprint density at radius 3 is 2.53 bits per heavy atom. The van der Waals surface area contributed by atoms with Crippen molar-refractivity contribution < 1.29 is 14.3 Å². The van der Waals surface area contributed by atoms with Crippen molar-refractivity contribution in [2.45, 2.75) is 45.8 Å². The minimum atomic E-state index is -0.0453. The summed E-state index contributed by atoms with van der Waals surface area (Å²) in [7, 11) is 1.76. The van der Waals surface area contributed by atoms with E-state index >= 15 is 0 Å². The molecule has 7 heteroatoms. The molecule has 1 saturated carbocycles. The maximum absolute atomic E-state index is 13.3. The molecule has 4 atom stereocenters. The highest BCUT2D eigenvalue weighted by Crippen LogP contribution is 2.39. The van der Waals surface area contributed by atoms with E-state index in [9.17, 15) is 9.59 Å². The van der Waals surface area contributed by atoms with Crippen LogP contribution in [0, 0.1) is 25.7 Å². The highest BCUT2D eigenvalue weighted by atomic mass is 16.5. The second kappa shape index (κ2) is 8.22. The summed E-state index contributed by atoms with van der Waals surface area (Å²) in [6, 6.07) is 6.00. The smallest absolute Gasteiger partial charge is 0.255 e. The fraction of sp³-hybridized carbons (Fsp3) is 0.522. The number of carbonyl (C=O) groups excluding carboxylic acids is 2. The van der Waals surface area contributed by atoms with Crippen LogP contribution < -0.4 is 5.32 Å². The lowest BCUT2D eigenvalue weighted by atomic mass is 9.77. The SMILES string of the molecule is CO[C@@H]1C[C@H]2CN(C(=O)c3c(C)[nH]c(C(C)=O)c3C)C[C@H]2C[C@H]1Nc1ccccn1. The highest BCUT2D eigenvalue weighted by molar-refractivity contribution is 6.02. The van der Waals surface area contributed by atoms with Crippen LogP contribution in [0.15, 0.2) is 24.4 Å². The van der Waals surface area contributed by atoms with E-state index in [1.807, 2.05) is 36.9 Å². The van der Waals surface area contributed by atoms with E-state index in [0.29, 0.717) is 23.1 Å². The van der Waals surface area contributed by atoms with Crippen molar-refractivity contribution in [3.8, 4) is 0 Å². The van der Waals surface area contributed by atoms with Gasteiger partial charge in [0.15, 0.2) is 5.78 Å². The lowest BCUT2D eigenvalue weighted by Crippen LogP contribution is -2.44. The normalized spacial score (nSPS) is 25.8. The van der Waals surface area contributed by atoms with Gasteiger partial charge < -0.3 is 19.9 Å². The number of ether oxygens (including phenoxy) is 1. The molecule has 3 heterocycles. The number of pyridine rings is 1. The van der Waals surface area contributed by atoms with Crippen molar-refractivity contribution in [2.24, 2.45) is 11.8 Å². The van der Waals surface area contributed by atoms with Gasteiger partial charge in [0.2, 0.25) is 0 Å². The third-order valence-corrected chi connectivity index (χ3v) is 6.71. The van der Waals surface area contributed by atoms with Gasteiger partial charge in [-0.3, -0.25) is 9.59 Å². The molecule has 0 unspecified atom stereocenters. The number of likely N-dealkylation sites (tertiary alicyclic amines) is 1. The second-order valence-electron chi connectivity index (χ2n) is 8.62. The van der Waals surface area contributed by atoms with E-state index in [1.165, 1.54) is 6.92 Å². The molecule has 30 heavy (non-hydrogen) atoms. The Labute approximate surface area is 177 Å². The van der Waals surface area contributed by atoms with Crippen LogP contribution in [0.2, 0.25) is 0 Å². The molecule has 1 aliphatic heterocycles. The summed E-state index contributed by atoms with van der Waals surface area (Å²) < 4.78 is 5.80. The molecule has 2 aromatic rings. The molecule has 2 fully saturated rings. The van der Waals surface area contributed by atoms with Gasteiger partial charge in [0, 0.05) is 39.0 Å². The number of fused-ring (bicyclic) bond motifs is 1. The number of Topliss-reactive ketones (excluding diaryl/α,β-unsaturated/α-hetero) is 1. The molecule has 1 aliphatic carbocycles. The predicted octanol–water partition coefficient (Wildman–Crippen LogP) is 3.21. The Hall–Kier alpha value is -2.67. The molecule has 2 aliphatic rings. The molecular weight excluding hydrogens is 380 g/mol. The number of hydrogen-bond acceptors (Lipinski definition) is 5. The molecule has 2 aromatic heterocycles. The van der Waals surface area contributed by atoms with Gasteiger partial charge >= 0.3 is 0 Å². The average Bonchev–Trinajstić information content (AvgIpc) is 3.27. The number of aromatic amines is 1. The predicted molar refractivity (Wildman–Crippen MR) is 115 cm³/mol. The monoisotopic (exact) mass is 410 g/mol. The molecular formula is C23H30N4O3. The van der Waals surface area contributed by atoms with Crippen molar-refractivity contribution in [1.29, 1.82) is 0 Å².